The molecule has 3 N–H and O–H groups in total. The molecule has 0 aromatic heterocycles. The van der Waals surface area contributed by atoms with Gasteiger partial charge in [0.05, 0.1) is 27.2 Å². The van der Waals surface area contributed by atoms with E-state index in [0.717, 1.165) is 18.8 Å². The smallest absolute Gasteiger partial charge is 0.170 e. The molecule has 15 heavy (non-hydrogen) atoms. The number of rotatable bonds is 4. The van der Waals surface area contributed by atoms with Crippen molar-refractivity contribution in [1.82, 2.24) is 5.32 Å². The van der Waals surface area contributed by atoms with E-state index in [1.54, 1.807) is 0 Å². The Bertz CT molecular complexity index is 298. The molecule has 0 heterocycles. The average Bonchev–Trinajstić information content (AvgIpc) is 2.18. The fraction of sp³-hybridized carbons (Fsp3) is 0.364. The summed E-state index contributed by atoms with van der Waals surface area (Å²) in [4.78, 5) is 1.41. The molecular formula is C11H18N3S+. The van der Waals surface area contributed by atoms with Crippen LogP contribution in [0.5, 0.6) is 0 Å². The first-order chi connectivity index (χ1) is 7.18. The molecule has 82 valence electrons. The van der Waals surface area contributed by atoms with Gasteiger partial charge in [0.1, 0.15) is 0 Å². The van der Waals surface area contributed by atoms with Gasteiger partial charge in [-0.15, -0.1) is 0 Å². The van der Waals surface area contributed by atoms with E-state index in [9.17, 15) is 0 Å². The molecule has 4 heteroatoms. The topological polar surface area (TPSA) is 28.5 Å². The predicted molar refractivity (Wildman–Crippen MR) is 68.3 cm³/mol. The Morgan fingerprint density at radius 3 is 2.53 bits per heavy atom. The number of hydrogen-bond donors (Lipinski definition) is 3. The van der Waals surface area contributed by atoms with Gasteiger partial charge in [0, 0.05) is 5.69 Å². The van der Waals surface area contributed by atoms with Gasteiger partial charge in [0.25, 0.3) is 0 Å². The van der Waals surface area contributed by atoms with Crippen LogP contribution >= 0.6 is 12.2 Å². The molecule has 0 saturated carbocycles. The minimum atomic E-state index is 0.683. The third-order valence-electron chi connectivity index (χ3n) is 1.94. The molecule has 0 radical (unpaired) electrons. The van der Waals surface area contributed by atoms with Crippen molar-refractivity contribution in [3.8, 4) is 0 Å². The normalized spacial score (nSPS) is 10.1. The van der Waals surface area contributed by atoms with Gasteiger partial charge in [-0.2, -0.15) is 0 Å². The van der Waals surface area contributed by atoms with E-state index in [4.69, 9.17) is 12.2 Å². The fourth-order valence-corrected chi connectivity index (χ4v) is 1.34. The first-order valence-corrected chi connectivity index (χ1v) is 5.48. The van der Waals surface area contributed by atoms with Crippen LogP contribution in [0.25, 0.3) is 0 Å². The van der Waals surface area contributed by atoms with Crippen LogP contribution in [-0.2, 0) is 0 Å². The average molecular weight is 224 g/mol. The zero-order chi connectivity index (χ0) is 11.1. The molecule has 0 unspecified atom stereocenters. The number of benzene rings is 1. The van der Waals surface area contributed by atoms with Gasteiger partial charge >= 0.3 is 0 Å². The Hall–Kier alpha value is -1.13. The summed E-state index contributed by atoms with van der Waals surface area (Å²) >= 11 is 5.16. The van der Waals surface area contributed by atoms with E-state index in [2.05, 4.69) is 24.7 Å². The second-order valence-electron chi connectivity index (χ2n) is 3.70. The summed E-state index contributed by atoms with van der Waals surface area (Å²) in [6, 6.07) is 9.93. The van der Waals surface area contributed by atoms with E-state index in [0.29, 0.717) is 5.11 Å². The molecule has 0 amide bonds. The fourth-order valence-electron chi connectivity index (χ4n) is 1.12. The summed E-state index contributed by atoms with van der Waals surface area (Å²) < 4.78 is 0. The Labute approximate surface area is 96.5 Å². The number of nitrogens with one attached hydrogen (secondary N) is 3. The summed E-state index contributed by atoms with van der Waals surface area (Å²) in [5.41, 5.74) is 1.02. The van der Waals surface area contributed by atoms with Gasteiger partial charge in [0.15, 0.2) is 5.11 Å². The predicted octanol–water partition coefficient (Wildman–Crippen LogP) is 0.118. The lowest BCUT2D eigenvalue weighted by Crippen LogP contribution is -3.06. The van der Waals surface area contributed by atoms with Crippen LogP contribution in [0, 0.1) is 0 Å². The molecule has 0 atom stereocenters. The molecule has 1 aromatic carbocycles. The quantitative estimate of drug-likeness (QED) is 0.634. The lowest BCUT2D eigenvalue weighted by atomic mass is 10.3. The summed E-state index contributed by atoms with van der Waals surface area (Å²) in [7, 11) is 4.24. The standard InChI is InChI=1S/C11H17N3S/c1-14(2)9-8-12-11(15)13-10-6-4-3-5-7-10/h3-7H,8-9H2,1-2H3,(H2,12,13,15)/p+1. The van der Waals surface area contributed by atoms with Crippen molar-refractivity contribution in [3.63, 3.8) is 0 Å². The summed E-state index contributed by atoms with van der Waals surface area (Å²) in [6.45, 7) is 1.94. The zero-order valence-corrected chi connectivity index (χ0v) is 10.0. The van der Waals surface area contributed by atoms with E-state index in [1.807, 2.05) is 30.3 Å². The van der Waals surface area contributed by atoms with Gasteiger partial charge in [-0.3, -0.25) is 0 Å². The van der Waals surface area contributed by atoms with Crippen LogP contribution in [0.4, 0.5) is 5.69 Å². The van der Waals surface area contributed by atoms with Crippen LogP contribution in [-0.4, -0.2) is 32.3 Å². The van der Waals surface area contributed by atoms with Gasteiger partial charge in [-0.25, -0.2) is 0 Å². The van der Waals surface area contributed by atoms with Crippen LogP contribution < -0.4 is 15.5 Å². The van der Waals surface area contributed by atoms with Crippen LogP contribution in [0.2, 0.25) is 0 Å². The summed E-state index contributed by atoms with van der Waals surface area (Å²) in [6.07, 6.45) is 0. The van der Waals surface area contributed by atoms with E-state index < -0.39 is 0 Å². The third-order valence-corrected chi connectivity index (χ3v) is 2.19. The first-order valence-electron chi connectivity index (χ1n) is 5.07. The van der Waals surface area contributed by atoms with Crippen molar-refractivity contribution in [2.45, 2.75) is 0 Å². The molecule has 0 spiro atoms. The number of hydrogen-bond acceptors (Lipinski definition) is 1. The second-order valence-corrected chi connectivity index (χ2v) is 4.11. The minimum Gasteiger partial charge on any atom is -0.357 e. The summed E-state index contributed by atoms with van der Waals surface area (Å²) in [5, 5.41) is 6.97. The second kappa shape index (κ2) is 6.37. The van der Waals surface area contributed by atoms with Gasteiger partial charge in [0.2, 0.25) is 0 Å². The first kappa shape index (κ1) is 11.9. The molecule has 0 aliphatic carbocycles. The monoisotopic (exact) mass is 224 g/mol. The highest BCUT2D eigenvalue weighted by atomic mass is 32.1. The molecule has 1 aromatic rings. The molecule has 0 bridgehead atoms. The lowest BCUT2D eigenvalue weighted by molar-refractivity contribution is -0.856. The Balaban J connectivity index is 2.25. The molecule has 3 nitrogen and oxygen atoms in total. The van der Waals surface area contributed by atoms with Gasteiger partial charge in [-0.1, -0.05) is 18.2 Å². The number of quaternary nitrogens is 1. The van der Waals surface area contributed by atoms with E-state index >= 15 is 0 Å². The van der Waals surface area contributed by atoms with Crippen molar-refractivity contribution in [2.75, 3.05) is 32.5 Å². The van der Waals surface area contributed by atoms with Crippen LogP contribution in [0.1, 0.15) is 0 Å². The minimum absolute atomic E-state index is 0.683. The number of thiocarbonyl (C=S) groups is 1. The number of anilines is 1. The highest BCUT2D eigenvalue weighted by molar-refractivity contribution is 7.80. The van der Waals surface area contributed by atoms with Crippen molar-refractivity contribution < 1.29 is 4.90 Å². The van der Waals surface area contributed by atoms with Crippen LogP contribution in [0.3, 0.4) is 0 Å². The molecule has 0 fully saturated rings. The Morgan fingerprint density at radius 2 is 1.93 bits per heavy atom. The lowest BCUT2D eigenvalue weighted by Gasteiger charge is -2.11. The van der Waals surface area contributed by atoms with Crippen LogP contribution in [0.15, 0.2) is 30.3 Å². The maximum absolute atomic E-state index is 5.16. The van der Waals surface area contributed by atoms with Crippen molar-refractivity contribution >= 4 is 23.0 Å². The Morgan fingerprint density at radius 1 is 1.27 bits per heavy atom. The summed E-state index contributed by atoms with van der Waals surface area (Å²) in [5.74, 6) is 0. The van der Waals surface area contributed by atoms with Crippen molar-refractivity contribution in [2.24, 2.45) is 0 Å². The maximum Gasteiger partial charge on any atom is 0.170 e. The SMILES string of the molecule is C[NH+](C)CCNC(=S)Nc1ccccc1. The molecule has 1 rings (SSSR count). The van der Waals surface area contributed by atoms with Gasteiger partial charge < -0.3 is 15.5 Å². The largest absolute Gasteiger partial charge is 0.357 e. The number of para-hydroxylation sites is 1. The van der Waals surface area contributed by atoms with E-state index in [1.165, 1.54) is 4.90 Å². The highest BCUT2D eigenvalue weighted by Crippen LogP contribution is 2.03. The Kier molecular flexibility index (Phi) is 5.07. The maximum atomic E-state index is 5.16. The molecule has 0 aliphatic heterocycles. The zero-order valence-electron chi connectivity index (χ0n) is 9.21. The third kappa shape index (κ3) is 5.34. The molecule has 0 saturated heterocycles. The number of likely N-dealkylation sites (N-methyl/N-ethyl adjacent to an activating group) is 1. The molecule has 0 aliphatic rings. The van der Waals surface area contributed by atoms with Crippen molar-refractivity contribution in [1.29, 1.82) is 0 Å². The van der Waals surface area contributed by atoms with Gasteiger partial charge in [-0.05, 0) is 24.4 Å². The highest BCUT2D eigenvalue weighted by Gasteiger charge is 1.97. The molecular weight excluding hydrogens is 206 g/mol. The van der Waals surface area contributed by atoms with E-state index in [-0.39, 0.29) is 0 Å². The van der Waals surface area contributed by atoms with Crippen molar-refractivity contribution in [3.05, 3.63) is 30.3 Å².